The largest absolute Gasteiger partial charge is 0.416 e. The van der Waals surface area contributed by atoms with E-state index >= 15 is 0 Å². The normalized spacial score (nSPS) is 20.9. The Labute approximate surface area is 217 Å². The van der Waals surface area contributed by atoms with Crippen molar-refractivity contribution in [3.8, 4) is 0 Å². The number of aromatic amines is 1. The van der Waals surface area contributed by atoms with Gasteiger partial charge in [0.2, 0.25) is 5.95 Å². The lowest BCUT2D eigenvalue weighted by molar-refractivity contribution is -0.138. The molecule has 9 nitrogen and oxygen atoms in total. The lowest BCUT2D eigenvalue weighted by Gasteiger charge is -2.32. The lowest BCUT2D eigenvalue weighted by Crippen LogP contribution is -2.36. The summed E-state index contributed by atoms with van der Waals surface area (Å²) < 4.78 is 43.3. The molecule has 3 aliphatic rings. The highest BCUT2D eigenvalue weighted by Crippen LogP contribution is 2.45. The molecule has 3 fully saturated rings. The van der Waals surface area contributed by atoms with Gasteiger partial charge in [0.05, 0.1) is 35.1 Å². The molecule has 38 heavy (non-hydrogen) atoms. The Bertz CT molecular complexity index is 1310. The first kappa shape index (κ1) is 24.9. The fraction of sp³-hybridized carbons (Fsp3) is 0.538. The Morgan fingerprint density at radius 2 is 1.84 bits per heavy atom. The van der Waals surface area contributed by atoms with Crippen LogP contribution in [0.1, 0.15) is 89.5 Å². The van der Waals surface area contributed by atoms with E-state index in [1.807, 2.05) is 4.68 Å². The van der Waals surface area contributed by atoms with Crippen molar-refractivity contribution in [2.24, 2.45) is 0 Å². The molecule has 0 spiro atoms. The van der Waals surface area contributed by atoms with Crippen molar-refractivity contribution in [2.75, 3.05) is 24.5 Å². The third kappa shape index (κ3) is 4.55. The average molecular weight is 530 g/mol. The van der Waals surface area contributed by atoms with Crippen LogP contribution in [0.2, 0.25) is 0 Å². The topological polar surface area (TPSA) is 103 Å². The smallest absolute Gasteiger partial charge is 0.388 e. The molecular weight excluding hydrogens is 499 g/mol. The number of carbonyl (C=O) groups excluding carboxylic acids is 1. The number of benzene rings is 1. The Balaban J connectivity index is 1.23. The number of aromatic nitrogens is 5. The molecule has 1 saturated carbocycles. The van der Waals surface area contributed by atoms with E-state index in [4.69, 9.17) is 0 Å². The van der Waals surface area contributed by atoms with E-state index < -0.39 is 17.8 Å². The van der Waals surface area contributed by atoms with Crippen molar-refractivity contribution < 1.29 is 23.1 Å². The third-order valence-electron chi connectivity index (χ3n) is 7.93. The zero-order chi connectivity index (χ0) is 26.4. The van der Waals surface area contributed by atoms with Crippen LogP contribution >= 0.6 is 0 Å². The number of nitrogens with zero attached hydrogens (tertiary/aromatic N) is 6. The monoisotopic (exact) mass is 529 g/mol. The molecule has 1 aromatic carbocycles. The van der Waals surface area contributed by atoms with Gasteiger partial charge in [-0.2, -0.15) is 23.3 Å². The maximum absolute atomic E-state index is 13.9. The minimum absolute atomic E-state index is 0.111. The van der Waals surface area contributed by atoms with Crippen LogP contribution in [0.4, 0.5) is 19.1 Å². The number of aliphatic hydroxyl groups is 1. The number of piperidine rings is 1. The summed E-state index contributed by atoms with van der Waals surface area (Å²) in [5.41, 5.74) is 0.929. The van der Waals surface area contributed by atoms with Gasteiger partial charge in [0.1, 0.15) is 6.61 Å². The van der Waals surface area contributed by atoms with Gasteiger partial charge in [-0.15, -0.1) is 5.10 Å². The number of rotatable bonds is 6. The molecule has 4 heterocycles. The quantitative estimate of drug-likeness (QED) is 0.496. The number of H-pyrrole nitrogens is 1. The number of carbonyl (C=O) groups is 1. The number of hydrogen-bond acceptors (Lipinski definition) is 6. The summed E-state index contributed by atoms with van der Waals surface area (Å²) in [4.78, 5) is 21.8. The Morgan fingerprint density at radius 1 is 1.08 bits per heavy atom. The molecule has 12 heteroatoms. The minimum Gasteiger partial charge on any atom is -0.388 e. The number of amides is 1. The maximum atomic E-state index is 13.9. The van der Waals surface area contributed by atoms with Crippen LogP contribution in [0.15, 0.2) is 30.5 Å². The van der Waals surface area contributed by atoms with Gasteiger partial charge in [-0.1, -0.05) is 18.2 Å². The summed E-state index contributed by atoms with van der Waals surface area (Å²) >= 11 is 0. The molecule has 1 atom stereocenters. The second-order valence-corrected chi connectivity index (χ2v) is 10.4. The first-order valence-electron chi connectivity index (χ1n) is 13.2. The van der Waals surface area contributed by atoms with Crippen molar-refractivity contribution in [1.29, 1.82) is 0 Å². The van der Waals surface area contributed by atoms with Gasteiger partial charge in [-0.3, -0.25) is 14.6 Å². The van der Waals surface area contributed by atoms with E-state index in [2.05, 4.69) is 25.2 Å². The summed E-state index contributed by atoms with van der Waals surface area (Å²) in [6.45, 7) is 1.65. The van der Waals surface area contributed by atoms with Crippen LogP contribution in [0, 0.1) is 0 Å². The van der Waals surface area contributed by atoms with Gasteiger partial charge in [0, 0.05) is 25.6 Å². The standard InChI is InChI=1S/C26H30F3N7O2/c27-26(28,29)20-5-2-1-4-18(20)21-6-3-11-35(21)24(38)19-14-30-36(23(19)16-7-8-16)17-9-12-34(13-10-17)25-31-22(15-37)32-33-25/h1-2,4-5,14,16-17,21,37H,3,6-13,15H2,(H,31,32,33). The van der Waals surface area contributed by atoms with E-state index in [0.29, 0.717) is 49.8 Å². The maximum Gasteiger partial charge on any atom is 0.416 e. The predicted octanol–water partition coefficient (Wildman–Crippen LogP) is 4.21. The van der Waals surface area contributed by atoms with E-state index in [-0.39, 0.29) is 30.0 Å². The molecular formula is C26H30F3N7O2. The number of hydrogen-bond donors (Lipinski definition) is 2. The van der Waals surface area contributed by atoms with E-state index in [0.717, 1.165) is 37.4 Å². The van der Waals surface area contributed by atoms with E-state index in [1.165, 1.54) is 12.1 Å². The highest BCUT2D eigenvalue weighted by Gasteiger charge is 2.42. The van der Waals surface area contributed by atoms with E-state index in [9.17, 15) is 23.1 Å². The molecule has 6 rings (SSSR count). The van der Waals surface area contributed by atoms with Crippen molar-refractivity contribution in [3.05, 3.63) is 58.7 Å². The van der Waals surface area contributed by atoms with Gasteiger partial charge >= 0.3 is 6.18 Å². The fourth-order valence-electron chi connectivity index (χ4n) is 5.93. The number of halogens is 3. The zero-order valence-corrected chi connectivity index (χ0v) is 20.9. The molecule has 1 aliphatic carbocycles. The van der Waals surface area contributed by atoms with Gasteiger partial charge in [-0.05, 0) is 50.2 Å². The lowest BCUT2D eigenvalue weighted by atomic mass is 9.97. The zero-order valence-electron chi connectivity index (χ0n) is 20.9. The van der Waals surface area contributed by atoms with Crippen molar-refractivity contribution in [1.82, 2.24) is 29.9 Å². The number of likely N-dealkylation sites (tertiary alicyclic amines) is 1. The first-order valence-corrected chi connectivity index (χ1v) is 13.2. The highest BCUT2D eigenvalue weighted by molar-refractivity contribution is 5.96. The highest BCUT2D eigenvalue weighted by atomic mass is 19.4. The number of anilines is 1. The average Bonchev–Trinajstić information content (AvgIpc) is 3.32. The third-order valence-corrected chi connectivity index (χ3v) is 7.93. The van der Waals surface area contributed by atoms with Crippen LogP contribution < -0.4 is 4.90 Å². The second kappa shape index (κ2) is 9.72. The second-order valence-electron chi connectivity index (χ2n) is 10.4. The SMILES string of the molecule is O=C(c1cnn(C2CCN(c3n[nH]c(CO)n3)CC2)c1C1CC1)N1CCCC1c1ccccc1C(F)(F)F. The van der Waals surface area contributed by atoms with Gasteiger partial charge in [0.15, 0.2) is 5.82 Å². The number of nitrogens with one attached hydrogen (secondary N) is 1. The van der Waals surface area contributed by atoms with Gasteiger partial charge < -0.3 is 14.9 Å². The van der Waals surface area contributed by atoms with Crippen molar-refractivity contribution in [3.63, 3.8) is 0 Å². The van der Waals surface area contributed by atoms with Crippen LogP contribution in [-0.2, 0) is 12.8 Å². The van der Waals surface area contributed by atoms with Gasteiger partial charge in [0.25, 0.3) is 5.91 Å². The summed E-state index contributed by atoms with van der Waals surface area (Å²) in [6.07, 6.45) is 1.86. The fourth-order valence-corrected chi connectivity index (χ4v) is 5.93. The summed E-state index contributed by atoms with van der Waals surface area (Å²) in [5, 5.41) is 20.8. The Hall–Kier alpha value is -3.41. The van der Waals surface area contributed by atoms with E-state index in [1.54, 1.807) is 17.2 Å². The molecule has 0 radical (unpaired) electrons. The molecule has 2 saturated heterocycles. The molecule has 202 valence electrons. The van der Waals surface area contributed by atoms with Crippen LogP contribution in [0.25, 0.3) is 0 Å². The summed E-state index contributed by atoms with van der Waals surface area (Å²) in [6, 6.07) is 5.09. The Kier molecular flexibility index (Phi) is 6.37. The minimum atomic E-state index is -4.47. The molecule has 1 amide bonds. The van der Waals surface area contributed by atoms with Crippen LogP contribution in [0.5, 0.6) is 0 Å². The molecule has 0 bridgehead atoms. The van der Waals surface area contributed by atoms with Crippen molar-refractivity contribution in [2.45, 2.75) is 69.3 Å². The molecule has 2 aliphatic heterocycles. The molecule has 3 aromatic rings. The molecule has 1 unspecified atom stereocenters. The first-order chi connectivity index (χ1) is 18.3. The predicted molar refractivity (Wildman–Crippen MR) is 131 cm³/mol. The molecule has 2 N–H and O–H groups in total. The van der Waals surface area contributed by atoms with Gasteiger partial charge in [-0.25, -0.2) is 0 Å². The van der Waals surface area contributed by atoms with Crippen molar-refractivity contribution >= 4 is 11.9 Å². The summed E-state index contributed by atoms with van der Waals surface area (Å²) in [5.74, 6) is 1.00. The number of aliphatic hydroxyl groups excluding tert-OH is 1. The van der Waals surface area contributed by atoms with Crippen LogP contribution in [0.3, 0.4) is 0 Å². The summed E-state index contributed by atoms with van der Waals surface area (Å²) in [7, 11) is 0. The Morgan fingerprint density at radius 3 is 2.53 bits per heavy atom. The van der Waals surface area contributed by atoms with Crippen LogP contribution in [-0.4, -0.2) is 60.5 Å². The number of alkyl halides is 3. The molecule has 2 aromatic heterocycles.